The molecule has 0 unspecified atom stereocenters. The minimum Gasteiger partial charge on any atom is -0.450 e. The lowest BCUT2D eigenvalue weighted by Gasteiger charge is -1.97. The van der Waals surface area contributed by atoms with Crippen LogP contribution in [0, 0.1) is 0 Å². The van der Waals surface area contributed by atoms with Crippen LogP contribution in [0.4, 0.5) is 4.79 Å². The molecule has 0 amide bonds. The fraction of sp³-hybridized carbons (Fsp3) is 0.111. The molecule has 0 aliphatic carbocycles. The fourth-order valence-electron chi connectivity index (χ4n) is 0.995. The third-order valence-corrected chi connectivity index (χ3v) is 1.69. The lowest BCUT2D eigenvalue weighted by atomic mass is 10.3. The predicted octanol–water partition coefficient (Wildman–Crippen LogP) is 1.08. The summed E-state index contributed by atoms with van der Waals surface area (Å²) in [5.74, 6) is 0.562. The van der Waals surface area contributed by atoms with Gasteiger partial charge in [-0.2, -0.15) is 0 Å². The van der Waals surface area contributed by atoms with Crippen molar-refractivity contribution in [2.75, 3.05) is 7.11 Å². The number of tetrazole rings is 1. The normalized spacial score (nSPS) is 9.81. The van der Waals surface area contributed by atoms with E-state index in [0.717, 1.165) is 0 Å². The monoisotopic (exact) mass is 220 g/mol. The molecular formula is C9H8N4O3. The highest BCUT2D eigenvalue weighted by atomic mass is 16.5. The zero-order valence-electron chi connectivity index (χ0n) is 8.40. The summed E-state index contributed by atoms with van der Waals surface area (Å²) in [7, 11) is 1.23. The number of carbonyl (C=O) groups is 1. The Hall–Kier alpha value is -2.44. The topological polar surface area (TPSA) is 79.1 Å². The molecule has 0 saturated heterocycles. The Morgan fingerprint density at radius 2 is 2.06 bits per heavy atom. The molecule has 0 atom stereocenters. The first-order chi connectivity index (χ1) is 7.79. The van der Waals surface area contributed by atoms with Crippen LogP contribution in [0.2, 0.25) is 0 Å². The SMILES string of the molecule is COC(=O)n1nnc(Oc2ccccc2)n1. The average Bonchev–Trinajstić information content (AvgIpc) is 2.78. The Kier molecular flexibility index (Phi) is 2.77. The molecular weight excluding hydrogens is 212 g/mol. The van der Waals surface area contributed by atoms with Gasteiger partial charge in [0.15, 0.2) is 0 Å². The standard InChI is InChI=1S/C9H8N4O3/c1-15-9(14)13-11-8(10-12-13)16-7-5-3-2-4-6-7/h2-6H,1H3. The molecule has 7 nitrogen and oxygen atoms in total. The van der Waals surface area contributed by atoms with Crippen LogP contribution in [-0.2, 0) is 4.74 Å². The Labute approximate surface area is 90.6 Å². The van der Waals surface area contributed by atoms with Gasteiger partial charge in [0.25, 0.3) is 0 Å². The van der Waals surface area contributed by atoms with E-state index in [-0.39, 0.29) is 6.01 Å². The first kappa shape index (κ1) is 10.1. The minimum atomic E-state index is -0.726. The number of carbonyl (C=O) groups excluding carboxylic acids is 1. The molecule has 0 radical (unpaired) electrons. The van der Waals surface area contributed by atoms with Crippen molar-refractivity contribution in [2.24, 2.45) is 0 Å². The number of nitrogens with zero attached hydrogens (tertiary/aromatic N) is 4. The second-order valence-electron chi connectivity index (χ2n) is 2.75. The molecule has 0 aliphatic rings. The summed E-state index contributed by atoms with van der Waals surface area (Å²) in [5, 5.41) is 10.7. The van der Waals surface area contributed by atoms with Crippen LogP contribution in [-0.4, -0.2) is 33.4 Å². The van der Waals surface area contributed by atoms with Gasteiger partial charge in [-0.3, -0.25) is 0 Å². The quantitative estimate of drug-likeness (QED) is 0.753. The highest BCUT2D eigenvalue weighted by Crippen LogP contribution is 2.15. The molecule has 82 valence electrons. The zero-order valence-corrected chi connectivity index (χ0v) is 8.40. The van der Waals surface area contributed by atoms with Gasteiger partial charge in [0, 0.05) is 0 Å². The summed E-state index contributed by atoms with van der Waals surface area (Å²) < 4.78 is 9.64. The maximum absolute atomic E-state index is 11.0. The molecule has 0 fully saturated rings. The molecule has 1 aromatic carbocycles. The fourth-order valence-corrected chi connectivity index (χ4v) is 0.995. The van der Waals surface area contributed by atoms with E-state index in [1.54, 1.807) is 24.3 Å². The van der Waals surface area contributed by atoms with Gasteiger partial charge in [-0.1, -0.05) is 33.2 Å². The van der Waals surface area contributed by atoms with Crippen molar-refractivity contribution < 1.29 is 14.3 Å². The van der Waals surface area contributed by atoms with Gasteiger partial charge in [0.2, 0.25) is 0 Å². The van der Waals surface area contributed by atoms with Crippen LogP contribution >= 0.6 is 0 Å². The van der Waals surface area contributed by atoms with Gasteiger partial charge in [-0.25, -0.2) is 4.79 Å². The molecule has 2 rings (SSSR count). The van der Waals surface area contributed by atoms with Crippen LogP contribution in [0.25, 0.3) is 0 Å². The van der Waals surface area contributed by atoms with Gasteiger partial charge in [-0.05, 0) is 17.3 Å². The molecule has 0 saturated carbocycles. The number of benzene rings is 1. The summed E-state index contributed by atoms with van der Waals surface area (Å²) in [6, 6.07) is 8.92. The first-order valence-electron chi connectivity index (χ1n) is 4.41. The number of para-hydroxylation sites is 1. The van der Waals surface area contributed by atoms with Crippen molar-refractivity contribution in [2.45, 2.75) is 0 Å². The van der Waals surface area contributed by atoms with E-state index in [9.17, 15) is 4.79 Å². The van der Waals surface area contributed by atoms with Gasteiger partial charge < -0.3 is 9.47 Å². The third kappa shape index (κ3) is 2.14. The van der Waals surface area contributed by atoms with Crippen LogP contribution in [0.3, 0.4) is 0 Å². The maximum Gasteiger partial charge on any atom is 0.453 e. The van der Waals surface area contributed by atoms with Crippen LogP contribution in [0.15, 0.2) is 30.3 Å². The van der Waals surface area contributed by atoms with E-state index < -0.39 is 6.09 Å². The average molecular weight is 220 g/mol. The molecule has 0 bridgehead atoms. The number of aromatic nitrogens is 4. The lowest BCUT2D eigenvalue weighted by Crippen LogP contribution is -2.14. The molecule has 7 heteroatoms. The van der Waals surface area contributed by atoms with Gasteiger partial charge in [0.1, 0.15) is 5.75 Å². The van der Waals surface area contributed by atoms with Crippen molar-refractivity contribution in [1.29, 1.82) is 0 Å². The summed E-state index contributed by atoms with van der Waals surface area (Å²) in [6.07, 6.45) is -0.726. The van der Waals surface area contributed by atoms with E-state index in [4.69, 9.17) is 4.74 Å². The highest BCUT2D eigenvalue weighted by molar-refractivity contribution is 5.67. The largest absolute Gasteiger partial charge is 0.453 e. The first-order valence-corrected chi connectivity index (χ1v) is 4.41. The molecule has 2 aromatic rings. The Morgan fingerprint density at radius 3 is 2.75 bits per heavy atom. The molecule has 1 aromatic heterocycles. The van der Waals surface area contributed by atoms with Gasteiger partial charge >= 0.3 is 12.1 Å². The number of hydrogen-bond acceptors (Lipinski definition) is 6. The van der Waals surface area contributed by atoms with Gasteiger partial charge in [-0.15, -0.1) is 0 Å². The predicted molar refractivity (Wildman–Crippen MR) is 52.1 cm³/mol. The molecule has 0 N–H and O–H groups in total. The van der Waals surface area contributed by atoms with Crippen molar-refractivity contribution in [3.05, 3.63) is 30.3 Å². The van der Waals surface area contributed by atoms with Crippen molar-refractivity contribution in [3.63, 3.8) is 0 Å². The van der Waals surface area contributed by atoms with Crippen molar-refractivity contribution in [3.8, 4) is 11.8 Å². The number of methoxy groups -OCH3 is 1. The second kappa shape index (κ2) is 4.39. The Bertz CT molecular complexity index is 483. The van der Waals surface area contributed by atoms with E-state index >= 15 is 0 Å². The lowest BCUT2D eigenvalue weighted by molar-refractivity contribution is 0.164. The third-order valence-electron chi connectivity index (χ3n) is 1.69. The molecule has 16 heavy (non-hydrogen) atoms. The zero-order chi connectivity index (χ0) is 11.4. The minimum absolute atomic E-state index is 0.0170. The Balaban J connectivity index is 2.12. The Morgan fingerprint density at radius 1 is 1.31 bits per heavy atom. The second-order valence-corrected chi connectivity index (χ2v) is 2.75. The van der Waals surface area contributed by atoms with Gasteiger partial charge in [0.05, 0.1) is 7.11 Å². The van der Waals surface area contributed by atoms with Crippen LogP contribution in [0.5, 0.6) is 11.8 Å². The van der Waals surface area contributed by atoms with Crippen LogP contribution < -0.4 is 4.74 Å². The van der Waals surface area contributed by atoms with Crippen molar-refractivity contribution >= 4 is 6.09 Å². The van der Waals surface area contributed by atoms with Crippen LogP contribution in [0.1, 0.15) is 0 Å². The number of rotatable bonds is 2. The molecule has 1 heterocycles. The van der Waals surface area contributed by atoms with E-state index in [1.165, 1.54) is 7.11 Å². The summed E-state index contributed by atoms with van der Waals surface area (Å²) >= 11 is 0. The smallest absolute Gasteiger partial charge is 0.450 e. The number of ether oxygens (including phenoxy) is 2. The summed E-state index contributed by atoms with van der Waals surface area (Å²) in [5.41, 5.74) is 0. The molecule has 0 aliphatic heterocycles. The summed E-state index contributed by atoms with van der Waals surface area (Å²) in [4.78, 5) is 11.7. The van der Waals surface area contributed by atoms with E-state index in [2.05, 4.69) is 20.1 Å². The summed E-state index contributed by atoms with van der Waals surface area (Å²) in [6.45, 7) is 0. The number of hydrogen-bond donors (Lipinski definition) is 0. The van der Waals surface area contributed by atoms with E-state index in [1.807, 2.05) is 6.07 Å². The van der Waals surface area contributed by atoms with E-state index in [0.29, 0.717) is 10.5 Å². The highest BCUT2D eigenvalue weighted by Gasteiger charge is 2.11. The maximum atomic E-state index is 11.0. The van der Waals surface area contributed by atoms with Crippen molar-refractivity contribution in [1.82, 2.24) is 20.2 Å². The molecule has 0 spiro atoms.